The van der Waals surface area contributed by atoms with Crippen LogP contribution in [0.5, 0.6) is 5.75 Å². The summed E-state index contributed by atoms with van der Waals surface area (Å²) in [6, 6.07) is 5.19. The highest BCUT2D eigenvalue weighted by molar-refractivity contribution is 5.84. The number of rotatable bonds is 5. The minimum absolute atomic E-state index is 0.502. The van der Waals surface area contributed by atoms with Crippen LogP contribution < -0.4 is 4.74 Å². The van der Waals surface area contributed by atoms with Crippen molar-refractivity contribution >= 4 is 12.0 Å². The summed E-state index contributed by atoms with van der Waals surface area (Å²) in [5.41, 5.74) is 1.22. The van der Waals surface area contributed by atoms with E-state index in [1.165, 1.54) is 0 Å². The molecular formula is C12H14O3. The van der Waals surface area contributed by atoms with Gasteiger partial charge in [-0.2, -0.15) is 0 Å². The Hall–Kier alpha value is -1.77. The van der Waals surface area contributed by atoms with Gasteiger partial charge < -0.3 is 9.47 Å². The maximum absolute atomic E-state index is 10.9. The first-order chi connectivity index (χ1) is 7.22. The lowest BCUT2D eigenvalue weighted by Crippen LogP contribution is -1.96. The van der Waals surface area contributed by atoms with Crippen molar-refractivity contribution in [3.63, 3.8) is 0 Å². The molecule has 1 rings (SSSR count). The predicted molar refractivity (Wildman–Crippen MR) is 59.0 cm³/mol. The van der Waals surface area contributed by atoms with Crippen LogP contribution in [0.4, 0.5) is 0 Å². The van der Waals surface area contributed by atoms with E-state index in [1.54, 1.807) is 25.3 Å². The average molecular weight is 206 g/mol. The van der Waals surface area contributed by atoms with Crippen LogP contribution in [0.3, 0.4) is 0 Å². The van der Waals surface area contributed by atoms with Crippen molar-refractivity contribution in [3.8, 4) is 5.75 Å². The molecule has 0 aliphatic rings. The van der Waals surface area contributed by atoms with Gasteiger partial charge in [-0.15, -0.1) is 0 Å². The van der Waals surface area contributed by atoms with Crippen molar-refractivity contribution in [3.05, 3.63) is 35.9 Å². The van der Waals surface area contributed by atoms with Gasteiger partial charge in [0.2, 0.25) is 0 Å². The van der Waals surface area contributed by atoms with Gasteiger partial charge in [0.1, 0.15) is 11.5 Å². The second-order valence-corrected chi connectivity index (χ2v) is 2.93. The van der Waals surface area contributed by atoms with Crippen molar-refractivity contribution in [1.29, 1.82) is 0 Å². The molecule has 1 aromatic rings. The topological polar surface area (TPSA) is 35.5 Å². The van der Waals surface area contributed by atoms with Gasteiger partial charge in [0.15, 0.2) is 6.29 Å². The van der Waals surface area contributed by atoms with Crippen molar-refractivity contribution in [1.82, 2.24) is 0 Å². The standard InChI is InChI=1S/C12H14O3/c1-4-15-9(2)12-6-5-11(14-3)7-10(12)8-13/h5-8H,2,4H2,1,3H3. The third-order valence-corrected chi connectivity index (χ3v) is 2.00. The van der Waals surface area contributed by atoms with Crippen molar-refractivity contribution in [2.45, 2.75) is 6.92 Å². The first-order valence-corrected chi connectivity index (χ1v) is 4.68. The summed E-state index contributed by atoms with van der Waals surface area (Å²) in [5, 5.41) is 0. The van der Waals surface area contributed by atoms with E-state index < -0.39 is 0 Å². The molecule has 0 saturated heterocycles. The number of aldehydes is 1. The fraction of sp³-hybridized carbons (Fsp3) is 0.250. The molecule has 0 radical (unpaired) electrons. The smallest absolute Gasteiger partial charge is 0.150 e. The molecule has 0 aliphatic carbocycles. The lowest BCUT2D eigenvalue weighted by atomic mass is 10.1. The molecule has 0 unspecified atom stereocenters. The number of methoxy groups -OCH3 is 1. The average Bonchev–Trinajstić information content (AvgIpc) is 2.28. The third kappa shape index (κ3) is 2.59. The van der Waals surface area contributed by atoms with Crippen LogP contribution in [0.15, 0.2) is 24.8 Å². The molecule has 0 spiro atoms. The van der Waals surface area contributed by atoms with Crippen LogP contribution in [-0.2, 0) is 4.74 Å². The molecule has 15 heavy (non-hydrogen) atoms. The van der Waals surface area contributed by atoms with Crippen molar-refractivity contribution in [2.75, 3.05) is 13.7 Å². The van der Waals surface area contributed by atoms with Gasteiger partial charge in [0, 0.05) is 11.1 Å². The van der Waals surface area contributed by atoms with Gasteiger partial charge >= 0.3 is 0 Å². The summed E-state index contributed by atoms with van der Waals surface area (Å²) >= 11 is 0. The van der Waals surface area contributed by atoms with E-state index in [0.29, 0.717) is 29.2 Å². The van der Waals surface area contributed by atoms with Crippen LogP contribution in [0, 0.1) is 0 Å². The highest BCUT2D eigenvalue weighted by atomic mass is 16.5. The molecule has 1 aromatic carbocycles. The minimum Gasteiger partial charge on any atom is -0.497 e. The Morgan fingerprint density at radius 1 is 1.53 bits per heavy atom. The normalized spacial score (nSPS) is 9.47. The molecule has 0 amide bonds. The maximum atomic E-state index is 10.9. The molecule has 0 atom stereocenters. The van der Waals surface area contributed by atoms with Crippen molar-refractivity contribution in [2.24, 2.45) is 0 Å². The van der Waals surface area contributed by atoms with E-state index in [1.807, 2.05) is 6.92 Å². The molecule has 0 aromatic heterocycles. The van der Waals surface area contributed by atoms with Gasteiger partial charge in [-0.25, -0.2) is 0 Å². The van der Waals surface area contributed by atoms with Gasteiger partial charge in [-0.1, -0.05) is 6.58 Å². The molecule has 3 nitrogen and oxygen atoms in total. The molecule has 0 saturated carbocycles. The van der Waals surface area contributed by atoms with E-state index in [0.717, 1.165) is 6.29 Å². The zero-order valence-corrected chi connectivity index (χ0v) is 8.95. The van der Waals surface area contributed by atoms with Gasteiger partial charge in [0.25, 0.3) is 0 Å². The monoisotopic (exact) mass is 206 g/mol. The maximum Gasteiger partial charge on any atom is 0.150 e. The Morgan fingerprint density at radius 2 is 2.27 bits per heavy atom. The Kier molecular flexibility index (Phi) is 3.92. The summed E-state index contributed by atoms with van der Waals surface area (Å²) in [5.74, 6) is 1.15. The summed E-state index contributed by atoms with van der Waals surface area (Å²) < 4.78 is 10.3. The molecule has 80 valence electrons. The fourth-order valence-electron chi connectivity index (χ4n) is 1.27. The Labute approximate surface area is 89.3 Å². The number of carbonyl (C=O) groups is 1. The first-order valence-electron chi connectivity index (χ1n) is 4.68. The van der Waals surface area contributed by atoms with Gasteiger partial charge in [-0.3, -0.25) is 4.79 Å². The molecule has 3 heteroatoms. The van der Waals surface area contributed by atoms with Crippen LogP contribution in [0.2, 0.25) is 0 Å². The number of hydrogen-bond acceptors (Lipinski definition) is 3. The van der Waals surface area contributed by atoms with Crippen molar-refractivity contribution < 1.29 is 14.3 Å². The van der Waals surface area contributed by atoms with Gasteiger partial charge in [0.05, 0.1) is 13.7 Å². The van der Waals surface area contributed by atoms with Crippen LogP contribution in [0.1, 0.15) is 22.8 Å². The highest BCUT2D eigenvalue weighted by Gasteiger charge is 2.07. The Morgan fingerprint density at radius 3 is 2.80 bits per heavy atom. The fourth-order valence-corrected chi connectivity index (χ4v) is 1.27. The molecule has 0 fully saturated rings. The zero-order valence-electron chi connectivity index (χ0n) is 8.95. The quantitative estimate of drug-likeness (QED) is 0.548. The SMILES string of the molecule is C=C(OCC)c1ccc(OC)cc1C=O. The minimum atomic E-state index is 0.502. The summed E-state index contributed by atoms with van der Waals surface area (Å²) in [6.07, 6.45) is 0.766. The number of ether oxygens (including phenoxy) is 2. The Balaban J connectivity index is 3.07. The number of hydrogen-bond donors (Lipinski definition) is 0. The van der Waals surface area contributed by atoms with Gasteiger partial charge in [-0.05, 0) is 25.1 Å². The van der Waals surface area contributed by atoms with Crippen LogP contribution in [-0.4, -0.2) is 20.0 Å². The lowest BCUT2D eigenvalue weighted by Gasteiger charge is -2.10. The highest BCUT2D eigenvalue weighted by Crippen LogP contribution is 2.22. The largest absolute Gasteiger partial charge is 0.497 e. The summed E-state index contributed by atoms with van der Waals surface area (Å²) in [6.45, 7) is 6.16. The second kappa shape index (κ2) is 5.20. The lowest BCUT2D eigenvalue weighted by molar-refractivity contribution is 0.112. The van der Waals surface area contributed by atoms with E-state index >= 15 is 0 Å². The van der Waals surface area contributed by atoms with Crippen LogP contribution in [0.25, 0.3) is 5.76 Å². The Bertz CT molecular complexity index is 369. The number of carbonyl (C=O) groups excluding carboxylic acids is 1. The first kappa shape index (κ1) is 11.3. The zero-order chi connectivity index (χ0) is 11.3. The predicted octanol–water partition coefficient (Wildman–Crippen LogP) is 2.51. The van der Waals surface area contributed by atoms with Crippen LogP contribution >= 0.6 is 0 Å². The van der Waals surface area contributed by atoms with E-state index in [2.05, 4.69) is 6.58 Å². The van der Waals surface area contributed by atoms with E-state index in [-0.39, 0.29) is 0 Å². The number of benzene rings is 1. The molecule has 0 aliphatic heterocycles. The van der Waals surface area contributed by atoms with E-state index in [9.17, 15) is 4.79 Å². The van der Waals surface area contributed by atoms with E-state index in [4.69, 9.17) is 9.47 Å². The second-order valence-electron chi connectivity index (χ2n) is 2.93. The molecule has 0 heterocycles. The molecule has 0 N–H and O–H groups in total. The molecular weight excluding hydrogens is 192 g/mol. The summed E-state index contributed by atoms with van der Waals surface area (Å²) in [4.78, 5) is 10.9. The molecule has 0 bridgehead atoms. The third-order valence-electron chi connectivity index (χ3n) is 2.00. The summed E-state index contributed by atoms with van der Waals surface area (Å²) in [7, 11) is 1.56.